The molecule has 1 aliphatic heterocycles. The zero-order valence-corrected chi connectivity index (χ0v) is 15.6. The molecule has 2 aromatic rings. The third-order valence-corrected chi connectivity index (χ3v) is 3.67. The molecule has 23 heavy (non-hydrogen) atoms. The van der Waals surface area contributed by atoms with Gasteiger partial charge in [-0.05, 0) is 11.6 Å². The molecular formula is C18H22IN3O. The van der Waals surface area contributed by atoms with Crippen LogP contribution in [0.25, 0.3) is 11.1 Å². The van der Waals surface area contributed by atoms with E-state index in [2.05, 4.69) is 33.4 Å². The third-order valence-electron chi connectivity index (χ3n) is 3.67. The molecule has 4 nitrogen and oxygen atoms in total. The molecule has 1 aliphatic rings. The first-order valence-electron chi connectivity index (χ1n) is 7.61. The zero-order chi connectivity index (χ0) is 15.2. The number of para-hydroxylation sites is 1. The van der Waals surface area contributed by atoms with Crippen molar-refractivity contribution in [1.29, 1.82) is 0 Å². The number of rotatable bonds is 5. The van der Waals surface area contributed by atoms with Gasteiger partial charge in [0.05, 0.1) is 13.1 Å². The molecule has 0 saturated carbocycles. The van der Waals surface area contributed by atoms with E-state index in [0.717, 1.165) is 36.9 Å². The number of likely N-dealkylation sites (N-methyl/N-ethyl adjacent to an activating group) is 1. The van der Waals surface area contributed by atoms with Crippen LogP contribution in [0.1, 0.15) is 0 Å². The van der Waals surface area contributed by atoms with Gasteiger partial charge in [-0.2, -0.15) is 0 Å². The van der Waals surface area contributed by atoms with Crippen molar-refractivity contribution in [2.45, 2.75) is 0 Å². The van der Waals surface area contributed by atoms with Crippen LogP contribution in [0.5, 0.6) is 5.75 Å². The Morgan fingerprint density at radius 1 is 1.09 bits per heavy atom. The lowest BCUT2D eigenvalue weighted by Crippen LogP contribution is -2.37. The fourth-order valence-corrected chi connectivity index (χ4v) is 2.50. The van der Waals surface area contributed by atoms with Crippen molar-refractivity contribution in [2.75, 3.05) is 33.3 Å². The van der Waals surface area contributed by atoms with Crippen LogP contribution in [0, 0.1) is 0 Å². The molecule has 0 radical (unpaired) electrons. The number of benzene rings is 2. The predicted octanol–water partition coefficient (Wildman–Crippen LogP) is 3.24. The Balaban J connectivity index is 0.00000192. The summed E-state index contributed by atoms with van der Waals surface area (Å²) in [5.41, 5.74) is 2.30. The Kier molecular flexibility index (Phi) is 6.70. The molecule has 0 spiro atoms. The number of hydrogen-bond acceptors (Lipinski definition) is 4. The van der Waals surface area contributed by atoms with Crippen LogP contribution < -0.4 is 10.1 Å². The number of nitrogens with zero attached hydrogens (tertiary/aromatic N) is 2. The molecule has 0 fully saturated rings. The van der Waals surface area contributed by atoms with Crippen molar-refractivity contribution in [2.24, 2.45) is 4.99 Å². The SMILES string of the molecule is CN1CCN=C1NCCOc1ccccc1-c1ccccc1.I. The number of halogens is 1. The summed E-state index contributed by atoms with van der Waals surface area (Å²) in [4.78, 5) is 6.53. The van der Waals surface area contributed by atoms with Crippen molar-refractivity contribution < 1.29 is 4.74 Å². The van der Waals surface area contributed by atoms with Crippen LogP contribution in [-0.2, 0) is 0 Å². The van der Waals surface area contributed by atoms with Crippen molar-refractivity contribution >= 4 is 29.9 Å². The average Bonchev–Trinajstić information content (AvgIpc) is 2.98. The van der Waals surface area contributed by atoms with Crippen molar-refractivity contribution in [3.05, 3.63) is 54.6 Å². The van der Waals surface area contributed by atoms with Gasteiger partial charge in [-0.1, -0.05) is 48.5 Å². The quantitative estimate of drug-likeness (QED) is 0.593. The van der Waals surface area contributed by atoms with Crippen molar-refractivity contribution in [3.8, 4) is 16.9 Å². The second-order valence-corrected chi connectivity index (χ2v) is 5.26. The Morgan fingerprint density at radius 2 is 1.83 bits per heavy atom. The minimum absolute atomic E-state index is 0. The van der Waals surface area contributed by atoms with E-state index in [0.29, 0.717) is 6.61 Å². The molecule has 1 heterocycles. The van der Waals surface area contributed by atoms with Gasteiger partial charge in [0.1, 0.15) is 12.4 Å². The van der Waals surface area contributed by atoms with Crippen LogP contribution in [-0.4, -0.2) is 44.1 Å². The van der Waals surface area contributed by atoms with E-state index in [9.17, 15) is 0 Å². The molecule has 2 aromatic carbocycles. The number of aliphatic imine (C=N–C) groups is 1. The first-order chi connectivity index (χ1) is 10.8. The van der Waals surface area contributed by atoms with E-state index in [-0.39, 0.29) is 24.0 Å². The lowest BCUT2D eigenvalue weighted by molar-refractivity contribution is 0.321. The van der Waals surface area contributed by atoms with Gasteiger partial charge in [-0.25, -0.2) is 0 Å². The summed E-state index contributed by atoms with van der Waals surface area (Å²) in [6, 6.07) is 18.5. The molecule has 1 N–H and O–H groups in total. The Morgan fingerprint density at radius 3 is 2.57 bits per heavy atom. The predicted molar refractivity (Wildman–Crippen MR) is 106 cm³/mol. The Hall–Kier alpha value is -1.76. The van der Waals surface area contributed by atoms with E-state index in [4.69, 9.17) is 4.74 Å². The van der Waals surface area contributed by atoms with Crippen molar-refractivity contribution in [1.82, 2.24) is 10.2 Å². The summed E-state index contributed by atoms with van der Waals surface area (Å²) in [5.74, 6) is 1.87. The lowest BCUT2D eigenvalue weighted by Gasteiger charge is -2.16. The molecule has 0 bridgehead atoms. The number of hydrogen-bond donors (Lipinski definition) is 1. The molecule has 0 atom stereocenters. The Bertz CT molecular complexity index is 646. The van der Waals surface area contributed by atoms with Crippen LogP contribution in [0.3, 0.4) is 0 Å². The van der Waals surface area contributed by atoms with Gasteiger partial charge in [-0.15, -0.1) is 24.0 Å². The molecule has 5 heteroatoms. The minimum atomic E-state index is 0. The summed E-state index contributed by atoms with van der Waals surface area (Å²) < 4.78 is 5.95. The maximum Gasteiger partial charge on any atom is 0.193 e. The summed E-state index contributed by atoms with van der Waals surface area (Å²) in [7, 11) is 2.05. The molecule has 0 amide bonds. The van der Waals surface area contributed by atoms with E-state index < -0.39 is 0 Å². The number of ether oxygens (including phenoxy) is 1. The van der Waals surface area contributed by atoms with Crippen molar-refractivity contribution in [3.63, 3.8) is 0 Å². The minimum Gasteiger partial charge on any atom is -0.491 e. The zero-order valence-electron chi connectivity index (χ0n) is 13.2. The molecular weight excluding hydrogens is 401 g/mol. The first-order valence-corrected chi connectivity index (χ1v) is 7.61. The fraction of sp³-hybridized carbons (Fsp3) is 0.278. The van der Waals surface area contributed by atoms with E-state index in [1.54, 1.807) is 0 Å². The molecule has 122 valence electrons. The van der Waals surface area contributed by atoms with Gasteiger partial charge >= 0.3 is 0 Å². The summed E-state index contributed by atoms with van der Waals surface area (Å²) in [6.07, 6.45) is 0. The van der Waals surface area contributed by atoms with Gasteiger partial charge in [0.2, 0.25) is 0 Å². The van der Waals surface area contributed by atoms with Crippen LogP contribution in [0.15, 0.2) is 59.6 Å². The van der Waals surface area contributed by atoms with Gasteiger partial charge in [0.15, 0.2) is 5.96 Å². The molecule has 3 rings (SSSR count). The highest BCUT2D eigenvalue weighted by atomic mass is 127. The van der Waals surface area contributed by atoms with Crippen LogP contribution in [0.2, 0.25) is 0 Å². The monoisotopic (exact) mass is 423 g/mol. The van der Waals surface area contributed by atoms with Crippen LogP contribution >= 0.6 is 24.0 Å². The van der Waals surface area contributed by atoms with Gasteiger partial charge in [-0.3, -0.25) is 4.99 Å². The normalized spacial score (nSPS) is 13.3. The maximum atomic E-state index is 5.95. The average molecular weight is 423 g/mol. The highest BCUT2D eigenvalue weighted by Gasteiger charge is 2.11. The van der Waals surface area contributed by atoms with Gasteiger partial charge < -0.3 is 15.0 Å². The second kappa shape index (κ2) is 8.76. The topological polar surface area (TPSA) is 36.9 Å². The highest BCUT2D eigenvalue weighted by molar-refractivity contribution is 14.0. The highest BCUT2D eigenvalue weighted by Crippen LogP contribution is 2.29. The number of guanidine groups is 1. The second-order valence-electron chi connectivity index (χ2n) is 5.26. The molecule has 0 aliphatic carbocycles. The Labute approximate surface area is 154 Å². The van der Waals surface area contributed by atoms with Gasteiger partial charge in [0.25, 0.3) is 0 Å². The molecule has 0 saturated heterocycles. The third kappa shape index (κ3) is 4.60. The summed E-state index contributed by atoms with van der Waals surface area (Å²) in [5, 5.41) is 3.31. The van der Waals surface area contributed by atoms with E-state index >= 15 is 0 Å². The summed E-state index contributed by atoms with van der Waals surface area (Å²) >= 11 is 0. The first kappa shape index (κ1) is 17.6. The number of nitrogens with one attached hydrogen (secondary N) is 1. The smallest absolute Gasteiger partial charge is 0.193 e. The largest absolute Gasteiger partial charge is 0.491 e. The van der Waals surface area contributed by atoms with Crippen LogP contribution in [0.4, 0.5) is 0 Å². The maximum absolute atomic E-state index is 5.95. The molecule has 0 unspecified atom stereocenters. The standard InChI is InChI=1S/C18H21N3O.HI/c1-21-13-11-19-18(21)20-12-14-22-17-10-6-5-9-16(17)15-7-3-2-4-8-15;/h2-10H,11-14H2,1H3,(H,19,20);1H. The summed E-state index contributed by atoms with van der Waals surface area (Å²) in [6.45, 7) is 3.21. The van der Waals surface area contributed by atoms with Gasteiger partial charge in [0, 0.05) is 19.2 Å². The molecule has 0 aromatic heterocycles. The van der Waals surface area contributed by atoms with E-state index in [1.165, 1.54) is 5.56 Å². The lowest BCUT2D eigenvalue weighted by atomic mass is 10.1. The van der Waals surface area contributed by atoms with E-state index in [1.807, 2.05) is 43.4 Å². The fourth-order valence-electron chi connectivity index (χ4n) is 2.50.